The van der Waals surface area contributed by atoms with Gasteiger partial charge >= 0.3 is 0 Å². The van der Waals surface area contributed by atoms with Gasteiger partial charge in [-0.25, -0.2) is 4.39 Å². The summed E-state index contributed by atoms with van der Waals surface area (Å²) >= 11 is 0.972. The van der Waals surface area contributed by atoms with E-state index in [9.17, 15) is 9.18 Å². The number of thioether (sulfide) groups is 1. The first-order valence-corrected chi connectivity index (χ1v) is 5.74. The molecule has 1 amide bonds. The van der Waals surface area contributed by atoms with Gasteiger partial charge in [0, 0.05) is 16.3 Å². The lowest BCUT2D eigenvalue weighted by molar-refractivity contribution is 0.100. The van der Waals surface area contributed by atoms with Crippen molar-refractivity contribution >= 4 is 23.4 Å². The first-order valence-electron chi connectivity index (χ1n) is 4.76. The highest BCUT2D eigenvalue weighted by molar-refractivity contribution is 7.99. The van der Waals surface area contributed by atoms with Gasteiger partial charge in [-0.2, -0.15) is 0 Å². The summed E-state index contributed by atoms with van der Waals surface area (Å²) in [5.74, 6) is -1.23. The predicted molar refractivity (Wildman–Crippen MR) is 63.1 cm³/mol. The summed E-state index contributed by atoms with van der Waals surface area (Å²) < 4.78 is 13.5. The van der Waals surface area contributed by atoms with E-state index in [2.05, 4.69) is 0 Å². The number of hydrogen-bond donors (Lipinski definition) is 4. The van der Waals surface area contributed by atoms with E-state index >= 15 is 0 Å². The van der Waals surface area contributed by atoms with Crippen LogP contribution >= 0.6 is 11.8 Å². The van der Waals surface area contributed by atoms with Gasteiger partial charge in [0.1, 0.15) is 5.82 Å². The van der Waals surface area contributed by atoms with E-state index in [1.165, 1.54) is 6.07 Å². The number of aliphatic hydroxyl groups is 2. The van der Waals surface area contributed by atoms with Crippen molar-refractivity contribution in [2.75, 3.05) is 18.1 Å². The largest absolute Gasteiger partial charge is 0.398 e. The number of amides is 1. The Labute approximate surface area is 102 Å². The second-order valence-electron chi connectivity index (χ2n) is 3.38. The van der Waals surface area contributed by atoms with Crippen LogP contribution in [-0.2, 0) is 0 Å². The van der Waals surface area contributed by atoms with Gasteiger partial charge in [-0.3, -0.25) is 4.79 Å². The van der Waals surface area contributed by atoms with Gasteiger partial charge < -0.3 is 21.7 Å². The fourth-order valence-electron chi connectivity index (χ4n) is 1.13. The SMILES string of the molecule is NC(=O)c1cc(SCC(O)CO)c(F)cc1N. The van der Waals surface area contributed by atoms with Crippen LogP contribution in [0.2, 0.25) is 0 Å². The normalized spacial score (nSPS) is 12.4. The third kappa shape index (κ3) is 3.58. The second-order valence-corrected chi connectivity index (χ2v) is 4.44. The number of rotatable bonds is 5. The van der Waals surface area contributed by atoms with Crippen LogP contribution in [0, 0.1) is 5.82 Å². The predicted octanol–water partition coefficient (Wildman–Crippen LogP) is -0.0479. The van der Waals surface area contributed by atoms with Crippen LogP contribution in [-0.4, -0.2) is 34.6 Å². The number of nitrogens with two attached hydrogens (primary N) is 2. The summed E-state index contributed by atoms with van der Waals surface area (Å²) in [5, 5.41) is 17.8. The lowest BCUT2D eigenvalue weighted by atomic mass is 10.1. The molecule has 0 saturated heterocycles. The van der Waals surface area contributed by atoms with Crippen molar-refractivity contribution in [3.05, 3.63) is 23.5 Å². The summed E-state index contributed by atoms with van der Waals surface area (Å²) in [4.78, 5) is 11.2. The van der Waals surface area contributed by atoms with Gasteiger partial charge in [0.2, 0.25) is 0 Å². The first-order chi connectivity index (χ1) is 7.95. The molecule has 0 aromatic heterocycles. The van der Waals surface area contributed by atoms with E-state index in [0.29, 0.717) is 0 Å². The van der Waals surface area contributed by atoms with E-state index in [4.69, 9.17) is 21.7 Å². The first kappa shape index (κ1) is 13.8. The molecule has 0 bridgehead atoms. The highest BCUT2D eigenvalue weighted by atomic mass is 32.2. The molecule has 1 aromatic carbocycles. The summed E-state index contributed by atoms with van der Waals surface area (Å²) in [7, 11) is 0. The number of carbonyl (C=O) groups is 1. The Morgan fingerprint density at radius 2 is 2.18 bits per heavy atom. The van der Waals surface area contributed by atoms with E-state index in [0.717, 1.165) is 17.8 Å². The Hall–Kier alpha value is -1.31. The molecule has 1 unspecified atom stereocenters. The third-order valence-electron chi connectivity index (χ3n) is 2.01. The van der Waals surface area contributed by atoms with Gasteiger partial charge in [-0.1, -0.05) is 0 Å². The van der Waals surface area contributed by atoms with Crippen molar-refractivity contribution < 1.29 is 19.4 Å². The monoisotopic (exact) mass is 260 g/mol. The third-order valence-corrected chi connectivity index (χ3v) is 3.19. The molecule has 0 aliphatic heterocycles. The van der Waals surface area contributed by atoms with Crippen molar-refractivity contribution in [1.82, 2.24) is 0 Å². The minimum atomic E-state index is -0.950. The molecule has 0 radical (unpaired) electrons. The van der Waals surface area contributed by atoms with E-state index in [1.54, 1.807) is 0 Å². The highest BCUT2D eigenvalue weighted by Gasteiger charge is 2.13. The summed E-state index contributed by atoms with van der Waals surface area (Å²) in [5.41, 5.74) is 10.5. The average Bonchev–Trinajstić information content (AvgIpc) is 2.26. The zero-order valence-corrected chi connectivity index (χ0v) is 9.71. The quantitative estimate of drug-likeness (QED) is 0.438. The molecule has 7 heteroatoms. The topological polar surface area (TPSA) is 110 Å². The lowest BCUT2D eigenvalue weighted by Gasteiger charge is -2.09. The molecule has 17 heavy (non-hydrogen) atoms. The molecule has 0 aliphatic carbocycles. The summed E-state index contributed by atoms with van der Waals surface area (Å²) in [6.45, 7) is -0.410. The van der Waals surface area contributed by atoms with Crippen LogP contribution in [0.3, 0.4) is 0 Å². The zero-order chi connectivity index (χ0) is 13.0. The number of benzene rings is 1. The van der Waals surface area contributed by atoms with Crippen molar-refractivity contribution in [3.8, 4) is 0 Å². The van der Waals surface area contributed by atoms with Crippen LogP contribution in [0.5, 0.6) is 0 Å². The Morgan fingerprint density at radius 1 is 1.53 bits per heavy atom. The van der Waals surface area contributed by atoms with Crippen LogP contribution in [0.15, 0.2) is 17.0 Å². The summed E-state index contributed by atoms with van der Waals surface area (Å²) in [6.07, 6.45) is -0.950. The molecule has 94 valence electrons. The Kier molecular flexibility index (Phi) is 4.73. The second kappa shape index (κ2) is 5.85. The van der Waals surface area contributed by atoms with Gasteiger partial charge in [0.05, 0.1) is 18.3 Å². The Morgan fingerprint density at radius 3 is 2.71 bits per heavy atom. The number of anilines is 1. The Balaban J connectivity index is 2.92. The fourth-order valence-corrected chi connectivity index (χ4v) is 2.01. The van der Waals surface area contributed by atoms with Gasteiger partial charge in [0.15, 0.2) is 0 Å². The molecule has 1 rings (SSSR count). The maximum Gasteiger partial charge on any atom is 0.250 e. The molecule has 0 saturated carbocycles. The van der Waals surface area contributed by atoms with Crippen molar-refractivity contribution in [1.29, 1.82) is 0 Å². The maximum absolute atomic E-state index is 13.5. The zero-order valence-electron chi connectivity index (χ0n) is 8.89. The highest BCUT2D eigenvalue weighted by Crippen LogP contribution is 2.27. The van der Waals surface area contributed by atoms with Gasteiger partial charge in [-0.05, 0) is 12.1 Å². The molecule has 1 aromatic rings. The number of carbonyl (C=O) groups excluding carboxylic acids is 1. The number of primary amides is 1. The molecule has 1 atom stereocenters. The van der Waals surface area contributed by atoms with E-state index in [1.807, 2.05) is 0 Å². The van der Waals surface area contributed by atoms with E-state index in [-0.39, 0.29) is 21.9 Å². The molecule has 6 N–H and O–H groups in total. The molecular formula is C10H13FN2O3S. The molecule has 0 fully saturated rings. The van der Waals surface area contributed by atoms with Crippen molar-refractivity contribution in [2.24, 2.45) is 5.73 Å². The molecular weight excluding hydrogens is 247 g/mol. The minimum Gasteiger partial charge on any atom is -0.398 e. The smallest absolute Gasteiger partial charge is 0.250 e. The van der Waals surface area contributed by atoms with Crippen molar-refractivity contribution in [3.63, 3.8) is 0 Å². The standard InChI is InChI=1S/C10H13FN2O3S/c11-7-2-8(12)6(10(13)16)1-9(7)17-4-5(15)3-14/h1-2,5,14-15H,3-4,12H2,(H2,13,16). The maximum atomic E-state index is 13.5. The van der Waals surface area contributed by atoms with E-state index < -0.39 is 24.4 Å². The number of nitrogen functional groups attached to an aromatic ring is 1. The fraction of sp³-hybridized carbons (Fsp3) is 0.300. The Bertz CT molecular complexity index is 428. The molecule has 0 aliphatic rings. The summed E-state index contributed by atoms with van der Waals surface area (Å²) in [6, 6.07) is 2.25. The molecule has 5 nitrogen and oxygen atoms in total. The van der Waals surface area contributed by atoms with Crippen LogP contribution in [0.1, 0.15) is 10.4 Å². The average molecular weight is 260 g/mol. The number of aliphatic hydroxyl groups excluding tert-OH is 2. The van der Waals surface area contributed by atoms with Crippen LogP contribution in [0.25, 0.3) is 0 Å². The van der Waals surface area contributed by atoms with Crippen LogP contribution in [0.4, 0.5) is 10.1 Å². The minimum absolute atomic E-state index is 0.0259. The van der Waals surface area contributed by atoms with Crippen LogP contribution < -0.4 is 11.5 Å². The molecule has 0 heterocycles. The van der Waals surface area contributed by atoms with Gasteiger partial charge in [-0.15, -0.1) is 11.8 Å². The molecule has 0 spiro atoms. The lowest BCUT2D eigenvalue weighted by Crippen LogP contribution is -2.16. The number of halogens is 1. The van der Waals surface area contributed by atoms with Crippen molar-refractivity contribution in [2.45, 2.75) is 11.0 Å². The van der Waals surface area contributed by atoms with Gasteiger partial charge in [0.25, 0.3) is 5.91 Å². The number of hydrogen-bond acceptors (Lipinski definition) is 5.